The molecule has 2 aromatic rings. The first-order chi connectivity index (χ1) is 9.94. The van der Waals surface area contributed by atoms with Crippen molar-refractivity contribution in [3.05, 3.63) is 36.0 Å². The molecule has 0 aliphatic carbocycles. The maximum absolute atomic E-state index is 5.53. The number of nitrogens with one attached hydrogen (secondary N) is 1. The fourth-order valence-electron chi connectivity index (χ4n) is 1.93. The van der Waals surface area contributed by atoms with Gasteiger partial charge in [0.15, 0.2) is 5.82 Å². The monoisotopic (exact) mass is 286 g/mol. The van der Waals surface area contributed by atoms with Crippen molar-refractivity contribution in [1.82, 2.24) is 9.97 Å². The van der Waals surface area contributed by atoms with E-state index >= 15 is 0 Å². The zero-order valence-electron chi connectivity index (χ0n) is 13.0. The molecule has 0 atom stereocenters. The summed E-state index contributed by atoms with van der Waals surface area (Å²) < 4.78 is 5.53. The molecule has 3 N–H and O–H groups in total. The average Bonchev–Trinajstić information content (AvgIpc) is 2.46. The van der Waals surface area contributed by atoms with Crippen LogP contribution in [0.4, 0.5) is 5.82 Å². The molecule has 0 aliphatic heterocycles. The van der Waals surface area contributed by atoms with Crippen molar-refractivity contribution >= 4 is 5.82 Å². The third kappa shape index (κ3) is 3.70. The van der Waals surface area contributed by atoms with E-state index in [9.17, 15) is 0 Å². The highest BCUT2D eigenvalue weighted by atomic mass is 16.5. The number of nitrogen functional groups attached to an aromatic ring is 1. The molecular formula is C16H22N4O. The Morgan fingerprint density at radius 3 is 2.57 bits per heavy atom. The highest BCUT2D eigenvalue weighted by Gasteiger charge is 2.18. The number of nitrogens with zero attached hydrogens (tertiary/aromatic N) is 2. The lowest BCUT2D eigenvalue weighted by Gasteiger charge is -2.19. The number of hydrogen-bond acceptors (Lipinski definition) is 5. The first-order valence-corrected chi connectivity index (χ1v) is 7.03. The maximum atomic E-state index is 5.53. The smallest absolute Gasteiger partial charge is 0.161 e. The van der Waals surface area contributed by atoms with Crippen LogP contribution in [0.25, 0.3) is 11.4 Å². The first-order valence-electron chi connectivity index (χ1n) is 7.03. The molecule has 21 heavy (non-hydrogen) atoms. The number of ether oxygens (including phenoxy) is 1. The van der Waals surface area contributed by atoms with Gasteiger partial charge in [0.1, 0.15) is 11.6 Å². The fourth-order valence-corrected chi connectivity index (χ4v) is 1.93. The van der Waals surface area contributed by atoms with Gasteiger partial charge >= 0.3 is 0 Å². The third-order valence-corrected chi connectivity index (χ3v) is 3.05. The number of hydrogen-bond donors (Lipinski definition) is 2. The second-order valence-corrected chi connectivity index (χ2v) is 5.82. The molecule has 0 fully saturated rings. The average molecular weight is 286 g/mol. The van der Waals surface area contributed by atoms with Crippen molar-refractivity contribution < 1.29 is 4.74 Å². The molecule has 0 saturated heterocycles. The lowest BCUT2D eigenvalue weighted by atomic mass is 9.92. The van der Waals surface area contributed by atoms with E-state index in [-0.39, 0.29) is 5.41 Å². The molecule has 1 heterocycles. The van der Waals surface area contributed by atoms with Gasteiger partial charge in [-0.25, -0.2) is 15.8 Å². The van der Waals surface area contributed by atoms with Gasteiger partial charge in [-0.1, -0.05) is 32.9 Å². The van der Waals surface area contributed by atoms with Gasteiger partial charge in [0, 0.05) is 17.0 Å². The number of hydrazine groups is 1. The van der Waals surface area contributed by atoms with E-state index in [1.165, 1.54) is 0 Å². The van der Waals surface area contributed by atoms with Gasteiger partial charge in [-0.15, -0.1) is 0 Å². The van der Waals surface area contributed by atoms with Crippen molar-refractivity contribution in [3.63, 3.8) is 0 Å². The lowest BCUT2D eigenvalue weighted by Crippen LogP contribution is -2.17. The van der Waals surface area contributed by atoms with Crippen molar-refractivity contribution in [2.75, 3.05) is 12.0 Å². The Hall–Kier alpha value is -2.14. The van der Waals surface area contributed by atoms with Crippen LogP contribution < -0.4 is 16.0 Å². The Morgan fingerprint density at radius 1 is 1.19 bits per heavy atom. The fraction of sp³-hybridized carbons (Fsp3) is 0.375. The van der Waals surface area contributed by atoms with Gasteiger partial charge in [-0.05, 0) is 19.1 Å². The van der Waals surface area contributed by atoms with Crippen LogP contribution >= 0.6 is 0 Å². The SMILES string of the molecule is CCOc1cccc(-c2nc(NN)cc(C(C)(C)C)n2)c1. The van der Waals surface area contributed by atoms with E-state index in [0.29, 0.717) is 18.2 Å². The summed E-state index contributed by atoms with van der Waals surface area (Å²) in [7, 11) is 0. The number of nitrogens with two attached hydrogens (primary N) is 1. The molecular weight excluding hydrogens is 264 g/mol. The van der Waals surface area contributed by atoms with Crippen LogP contribution in [0.3, 0.4) is 0 Å². The van der Waals surface area contributed by atoms with Crippen LogP contribution in [0, 0.1) is 0 Å². The zero-order valence-corrected chi connectivity index (χ0v) is 13.0. The second kappa shape index (κ2) is 6.10. The molecule has 112 valence electrons. The molecule has 0 unspecified atom stereocenters. The van der Waals surface area contributed by atoms with Crippen LogP contribution in [0.15, 0.2) is 30.3 Å². The molecule has 2 rings (SSSR count). The number of benzene rings is 1. The van der Waals surface area contributed by atoms with Crippen molar-refractivity contribution in [2.24, 2.45) is 5.84 Å². The van der Waals surface area contributed by atoms with Gasteiger partial charge in [-0.2, -0.15) is 0 Å². The minimum Gasteiger partial charge on any atom is -0.494 e. The number of anilines is 1. The van der Waals surface area contributed by atoms with E-state index in [2.05, 4.69) is 36.2 Å². The van der Waals surface area contributed by atoms with Crippen LogP contribution in [-0.2, 0) is 5.41 Å². The molecule has 0 aliphatic rings. The van der Waals surface area contributed by atoms with Gasteiger partial charge in [0.25, 0.3) is 0 Å². The molecule has 5 nitrogen and oxygen atoms in total. The lowest BCUT2D eigenvalue weighted by molar-refractivity contribution is 0.340. The number of aromatic nitrogens is 2. The van der Waals surface area contributed by atoms with Gasteiger partial charge in [0.2, 0.25) is 0 Å². The van der Waals surface area contributed by atoms with Crippen molar-refractivity contribution in [2.45, 2.75) is 33.1 Å². The largest absolute Gasteiger partial charge is 0.494 e. The van der Waals surface area contributed by atoms with E-state index in [4.69, 9.17) is 10.6 Å². The predicted octanol–water partition coefficient (Wildman–Crippen LogP) is 3.13. The van der Waals surface area contributed by atoms with Gasteiger partial charge in [-0.3, -0.25) is 0 Å². The summed E-state index contributed by atoms with van der Waals surface area (Å²) in [6.45, 7) is 8.91. The molecule has 0 spiro atoms. The van der Waals surface area contributed by atoms with Crippen molar-refractivity contribution in [3.8, 4) is 17.1 Å². The third-order valence-electron chi connectivity index (χ3n) is 3.05. The van der Waals surface area contributed by atoms with Crippen molar-refractivity contribution in [1.29, 1.82) is 0 Å². The molecule has 0 bridgehead atoms. The van der Waals surface area contributed by atoms with E-state index < -0.39 is 0 Å². The quantitative estimate of drug-likeness (QED) is 0.667. The maximum Gasteiger partial charge on any atom is 0.161 e. The highest BCUT2D eigenvalue weighted by Crippen LogP contribution is 2.27. The minimum absolute atomic E-state index is 0.0825. The molecule has 5 heteroatoms. The Kier molecular flexibility index (Phi) is 4.43. The molecule has 0 radical (unpaired) electrons. The Bertz CT molecular complexity index is 620. The Labute approximate surface area is 125 Å². The standard InChI is InChI=1S/C16H22N4O/c1-5-21-12-8-6-7-11(9-12)15-18-13(16(2,3)4)10-14(19-15)20-17/h6-10H,5,17H2,1-4H3,(H,18,19,20). The van der Waals surface area contributed by atoms with E-state index in [0.717, 1.165) is 17.0 Å². The Morgan fingerprint density at radius 2 is 1.95 bits per heavy atom. The zero-order chi connectivity index (χ0) is 15.5. The topological polar surface area (TPSA) is 73.1 Å². The summed E-state index contributed by atoms with van der Waals surface area (Å²) >= 11 is 0. The van der Waals surface area contributed by atoms with Crippen LogP contribution in [0.1, 0.15) is 33.4 Å². The van der Waals surface area contributed by atoms with Crippen LogP contribution in [0.5, 0.6) is 5.75 Å². The first kappa shape index (κ1) is 15.3. The van der Waals surface area contributed by atoms with Crippen LogP contribution in [-0.4, -0.2) is 16.6 Å². The molecule has 0 saturated carbocycles. The molecule has 0 amide bonds. The predicted molar refractivity (Wildman–Crippen MR) is 85.1 cm³/mol. The summed E-state index contributed by atoms with van der Waals surface area (Å²) in [5.41, 5.74) is 4.36. The summed E-state index contributed by atoms with van der Waals surface area (Å²) in [6, 6.07) is 9.62. The number of rotatable bonds is 4. The highest BCUT2D eigenvalue weighted by molar-refractivity contribution is 5.60. The summed E-state index contributed by atoms with van der Waals surface area (Å²) in [5.74, 6) is 7.57. The minimum atomic E-state index is -0.0825. The Balaban J connectivity index is 2.50. The van der Waals surface area contributed by atoms with Gasteiger partial charge in [0.05, 0.1) is 12.3 Å². The summed E-state index contributed by atoms with van der Waals surface area (Å²) in [5, 5.41) is 0. The van der Waals surface area contributed by atoms with Crippen LogP contribution in [0.2, 0.25) is 0 Å². The second-order valence-electron chi connectivity index (χ2n) is 5.82. The molecule has 1 aromatic heterocycles. The van der Waals surface area contributed by atoms with Gasteiger partial charge < -0.3 is 10.2 Å². The molecule has 1 aromatic carbocycles. The van der Waals surface area contributed by atoms with E-state index in [1.54, 1.807) is 0 Å². The summed E-state index contributed by atoms with van der Waals surface area (Å²) in [6.07, 6.45) is 0. The van der Waals surface area contributed by atoms with E-state index in [1.807, 2.05) is 37.3 Å². The summed E-state index contributed by atoms with van der Waals surface area (Å²) in [4.78, 5) is 9.10. The normalized spacial score (nSPS) is 11.3.